The molecule has 22 heavy (non-hydrogen) atoms. The zero-order chi connectivity index (χ0) is 15.4. The minimum absolute atomic E-state index is 0.0583. The molecule has 0 unspecified atom stereocenters. The third-order valence-corrected chi connectivity index (χ3v) is 3.98. The van der Waals surface area contributed by atoms with Crippen molar-refractivity contribution >= 4 is 5.91 Å². The molecule has 0 saturated carbocycles. The summed E-state index contributed by atoms with van der Waals surface area (Å²) >= 11 is 0. The molecule has 4 heteroatoms. The number of benzene rings is 2. The van der Waals surface area contributed by atoms with Crippen LogP contribution in [0, 0.1) is 0 Å². The molecule has 1 aliphatic rings. The molecular formula is C18H20N2O2. The van der Waals surface area contributed by atoms with Crippen LogP contribution in [-0.2, 0) is 11.2 Å². The number of hydrogen-bond acceptors (Lipinski definition) is 3. The molecule has 2 aromatic rings. The van der Waals surface area contributed by atoms with E-state index < -0.39 is 0 Å². The molecule has 1 heterocycles. The highest BCUT2D eigenvalue weighted by molar-refractivity contribution is 5.83. The van der Waals surface area contributed by atoms with Crippen molar-refractivity contribution in [3.8, 4) is 5.75 Å². The normalized spacial score (nSPS) is 21.2. The first-order valence-corrected chi connectivity index (χ1v) is 7.48. The highest BCUT2D eigenvalue weighted by Crippen LogP contribution is 2.21. The van der Waals surface area contributed by atoms with Crippen molar-refractivity contribution in [1.82, 2.24) is 10.6 Å². The number of rotatable bonds is 4. The van der Waals surface area contributed by atoms with Crippen molar-refractivity contribution in [3.05, 3.63) is 65.7 Å². The number of amides is 1. The van der Waals surface area contributed by atoms with Crippen LogP contribution in [0.5, 0.6) is 5.75 Å². The van der Waals surface area contributed by atoms with Crippen LogP contribution in [0.4, 0.5) is 0 Å². The Kier molecular flexibility index (Phi) is 4.39. The quantitative estimate of drug-likeness (QED) is 0.908. The molecule has 3 rings (SSSR count). The fourth-order valence-corrected chi connectivity index (χ4v) is 2.78. The Labute approximate surface area is 130 Å². The molecule has 1 saturated heterocycles. The summed E-state index contributed by atoms with van der Waals surface area (Å²) in [5.74, 6) is 0.888. The van der Waals surface area contributed by atoms with E-state index in [2.05, 4.69) is 16.7 Å². The Balaban J connectivity index is 1.74. The van der Waals surface area contributed by atoms with E-state index in [0.717, 1.165) is 16.9 Å². The van der Waals surface area contributed by atoms with Crippen molar-refractivity contribution < 1.29 is 9.53 Å². The summed E-state index contributed by atoms with van der Waals surface area (Å²) in [7, 11) is 1.66. The van der Waals surface area contributed by atoms with E-state index in [-0.39, 0.29) is 18.0 Å². The summed E-state index contributed by atoms with van der Waals surface area (Å²) < 4.78 is 5.27. The van der Waals surface area contributed by atoms with Crippen LogP contribution in [0.25, 0.3) is 0 Å². The second-order valence-corrected chi connectivity index (χ2v) is 5.48. The molecule has 0 bridgehead atoms. The van der Waals surface area contributed by atoms with Gasteiger partial charge in [-0.15, -0.1) is 0 Å². The van der Waals surface area contributed by atoms with Crippen LogP contribution in [0.3, 0.4) is 0 Å². The van der Waals surface area contributed by atoms with Crippen LogP contribution in [0.2, 0.25) is 0 Å². The van der Waals surface area contributed by atoms with Gasteiger partial charge in [-0.25, -0.2) is 0 Å². The molecular weight excluding hydrogens is 276 g/mol. The van der Waals surface area contributed by atoms with Crippen LogP contribution < -0.4 is 15.4 Å². The maximum atomic E-state index is 12.1. The van der Waals surface area contributed by atoms with Crippen molar-refractivity contribution in [2.75, 3.05) is 13.7 Å². The monoisotopic (exact) mass is 296 g/mol. The Bertz CT molecular complexity index is 643. The summed E-state index contributed by atoms with van der Waals surface area (Å²) in [5, 5.41) is 6.45. The van der Waals surface area contributed by atoms with E-state index in [1.54, 1.807) is 7.11 Å². The predicted octanol–water partition coefficient (Wildman–Crippen LogP) is 2.07. The first kappa shape index (κ1) is 14.6. The molecule has 1 fully saturated rings. The number of carbonyl (C=O) groups is 1. The van der Waals surface area contributed by atoms with Gasteiger partial charge in [0.1, 0.15) is 5.75 Å². The van der Waals surface area contributed by atoms with Gasteiger partial charge in [0.05, 0.1) is 19.2 Å². The molecule has 0 aliphatic carbocycles. The lowest BCUT2D eigenvalue weighted by Gasteiger charge is -2.31. The summed E-state index contributed by atoms with van der Waals surface area (Å²) in [6.07, 6.45) is 0.688. The number of piperazine rings is 1. The second-order valence-electron chi connectivity index (χ2n) is 5.48. The van der Waals surface area contributed by atoms with Crippen molar-refractivity contribution in [1.29, 1.82) is 0 Å². The molecule has 1 amide bonds. The topological polar surface area (TPSA) is 50.4 Å². The van der Waals surface area contributed by atoms with Crippen molar-refractivity contribution in [3.63, 3.8) is 0 Å². The lowest BCUT2D eigenvalue weighted by Crippen LogP contribution is -2.55. The van der Waals surface area contributed by atoms with Gasteiger partial charge in [-0.05, 0) is 29.7 Å². The summed E-state index contributed by atoms with van der Waals surface area (Å²) in [6.45, 7) is 0.595. The van der Waals surface area contributed by atoms with Crippen LogP contribution in [-0.4, -0.2) is 25.6 Å². The third kappa shape index (κ3) is 3.28. The zero-order valence-electron chi connectivity index (χ0n) is 12.6. The van der Waals surface area contributed by atoms with Gasteiger partial charge >= 0.3 is 0 Å². The SMILES string of the molecule is COc1cccc([C@@H]2CNC(=O)[C@H](Cc3ccccc3)N2)c1. The van der Waals surface area contributed by atoms with E-state index in [4.69, 9.17) is 4.74 Å². The van der Waals surface area contributed by atoms with E-state index in [1.807, 2.05) is 48.5 Å². The number of methoxy groups -OCH3 is 1. The molecule has 4 nitrogen and oxygen atoms in total. The van der Waals surface area contributed by atoms with Gasteiger partial charge in [0.25, 0.3) is 0 Å². The molecule has 0 aromatic heterocycles. The smallest absolute Gasteiger partial charge is 0.237 e. The van der Waals surface area contributed by atoms with Crippen LogP contribution in [0.15, 0.2) is 54.6 Å². The Morgan fingerprint density at radius 2 is 1.95 bits per heavy atom. The fourth-order valence-electron chi connectivity index (χ4n) is 2.78. The van der Waals surface area contributed by atoms with E-state index in [9.17, 15) is 4.79 Å². The standard InChI is InChI=1S/C18H20N2O2/c1-22-15-9-5-8-14(11-15)17-12-19-18(21)16(20-17)10-13-6-3-2-4-7-13/h2-9,11,16-17,20H,10,12H2,1H3,(H,19,21)/t16-,17-/m0/s1. The maximum Gasteiger partial charge on any atom is 0.237 e. The molecule has 0 radical (unpaired) electrons. The molecule has 2 N–H and O–H groups in total. The number of ether oxygens (including phenoxy) is 1. The number of hydrogen-bond donors (Lipinski definition) is 2. The third-order valence-electron chi connectivity index (χ3n) is 3.98. The average molecular weight is 296 g/mol. The summed E-state index contributed by atoms with van der Waals surface area (Å²) in [6, 6.07) is 17.9. The minimum Gasteiger partial charge on any atom is -0.497 e. The Morgan fingerprint density at radius 3 is 2.73 bits per heavy atom. The molecule has 1 aliphatic heterocycles. The summed E-state index contributed by atoms with van der Waals surface area (Å²) in [5.41, 5.74) is 2.28. The highest BCUT2D eigenvalue weighted by Gasteiger charge is 2.28. The van der Waals surface area contributed by atoms with Crippen molar-refractivity contribution in [2.45, 2.75) is 18.5 Å². The molecule has 2 aromatic carbocycles. The van der Waals surface area contributed by atoms with Crippen LogP contribution in [0.1, 0.15) is 17.2 Å². The Hall–Kier alpha value is -2.33. The van der Waals surface area contributed by atoms with Gasteiger partial charge in [-0.3, -0.25) is 10.1 Å². The Morgan fingerprint density at radius 1 is 1.14 bits per heavy atom. The van der Waals surface area contributed by atoms with Crippen LogP contribution >= 0.6 is 0 Å². The average Bonchev–Trinajstić information content (AvgIpc) is 2.58. The second kappa shape index (κ2) is 6.62. The number of carbonyl (C=O) groups excluding carboxylic acids is 1. The van der Waals surface area contributed by atoms with Gasteiger partial charge < -0.3 is 10.1 Å². The van der Waals surface area contributed by atoms with E-state index in [0.29, 0.717) is 13.0 Å². The highest BCUT2D eigenvalue weighted by atomic mass is 16.5. The first-order valence-electron chi connectivity index (χ1n) is 7.48. The minimum atomic E-state index is -0.215. The van der Waals surface area contributed by atoms with Gasteiger partial charge in [0, 0.05) is 6.54 Å². The zero-order valence-corrected chi connectivity index (χ0v) is 12.6. The van der Waals surface area contributed by atoms with Gasteiger partial charge in [0.2, 0.25) is 5.91 Å². The number of nitrogens with one attached hydrogen (secondary N) is 2. The lowest BCUT2D eigenvalue weighted by atomic mass is 9.98. The summed E-state index contributed by atoms with van der Waals surface area (Å²) in [4.78, 5) is 12.1. The van der Waals surface area contributed by atoms with Crippen molar-refractivity contribution in [2.24, 2.45) is 0 Å². The molecule has 2 atom stereocenters. The van der Waals surface area contributed by atoms with Gasteiger partial charge in [-0.1, -0.05) is 42.5 Å². The first-order chi connectivity index (χ1) is 10.8. The van der Waals surface area contributed by atoms with E-state index >= 15 is 0 Å². The van der Waals surface area contributed by atoms with E-state index in [1.165, 1.54) is 0 Å². The van der Waals surface area contributed by atoms with Gasteiger partial charge in [0.15, 0.2) is 0 Å². The van der Waals surface area contributed by atoms with Gasteiger partial charge in [-0.2, -0.15) is 0 Å². The maximum absolute atomic E-state index is 12.1. The molecule has 0 spiro atoms. The lowest BCUT2D eigenvalue weighted by molar-refractivity contribution is -0.125. The predicted molar refractivity (Wildman–Crippen MR) is 85.8 cm³/mol. The molecule has 114 valence electrons. The largest absolute Gasteiger partial charge is 0.497 e. The fraction of sp³-hybridized carbons (Fsp3) is 0.278.